The van der Waals surface area contributed by atoms with E-state index in [0.717, 1.165) is 41.5 Å². The van der Waals surface area contributed by atoms with Crippen molar-refractivity contribution < 1.29 is 17.6 Å². The first kappa shape index (κ1) is 26.8. The van der Waals surface area contributed by atoms with Gasteiger partial charge in [-0.3, -0.25) is 4.79 Å². The van der Waals surface area contributed by atoms with Gasteiger partial charge in [0.05, 0.1) is 26.6 Å². The lowest BCUT2D eigenvalue weighted by molar-refractivity contribution is -0.131. The quantitative estimate of drug-likeness (QED) is 0.349. The molecule has 0 saturated carbocycles. The highest BCUT2D eigenvalue weighted by Gasteiger charge is 2.31. The van der Waals surface area contributed by atoms with Crippen molar-refractivity contribution in [2.45, 2.75) is 37.0 Å². The SMILES string of the molecule is O=C(Cc1cc2c(Br)c(N3CCCN(S(=O)(=O)c4c(Cl)cccc4Cl)CC3)ccc2o1)N1CCCCC1. The molecule has 0 unspecified atom stereocenters. The van der Waals surface area contributed by atoms with Gasteiger partial charge < -0.3 is 14.2 Å². The van der Waals surface area contributed by atoms with Crippen molar-refractivity contribution >= 4 is 71.7 Å². The van der Waals surface area contributed by atoms with Crippen molar-refractivity contribution in [1.82, 2.24) is 9.21 Å². The molecule has 37 heavy (non-hydrogen) atoms. The van der Waals surface area contributed by atoms with E-state index in [1.54, 1.807) is 6.07 Å². The number of furan rings is 1. The first-order valence-corrected chi connectivity index (χ1v) is 15.4. The molecule has 11 heteroatoms. The molecule has 2 aromatic carbocycles. The van der Waals surface area contributed by atoms with Gasteiger partial charge >= 0.3 is 0 Å². The fourth-order valence-corrected chi connectivity index (χ4v) is 8.34. The number of hydrogen-bond acceptors (Lipinski definition) is 5. The molecule has 0 aliphatic carbocycles. The molecule has 3 aromatic rings. The van der Waals surface area contributed by atoms with Gasteiger partial charge in [-0.15, -0.1) is 0 Å². The predicted molar refractivity (Wildman–Crippen MR) is 150 cm³/mol. The number of halogens is 3. The number of sulfonamides is 1. The summed E-state index contributed by atoms with van der Waals surface area (Å²) in [6.45, 7) is 3.49. The maximum absolute atomic E-state index is 13.4. The monoisotopic (exact) mass is 627 g/mol. The Bertz CT molecular complexity index is 1400. The van der Waals surface area contributed by atoms with Gasteiger partial charge in [-0.1, -0.05) is 29.3 Å². The zero-order chi connectivity index (χ0) is 26.2. The van der Waals surface area contributed by atoms with Crippen LogP contribution in [0.2, 0.25) is 10.0 Å². The fraction of sp³-hybridized carbons (Fsp3) is 0.423. The second-order valence-electron chi connectivity index (χ2n) is 9.44. The Morgan fingerprint density at radius 1 is 0.919 bits per heavy atom. The van der Waals surface area contributed by atoms with Crippen LogP contribution < -0.4 is 4.90 Å². The molecule has 2 aliphatic heterocycles. The highest BCUT2D eigenvalue weighted by molar-refractivity contribution is 9.10. The Morgan fingerprint density at radius 3 is 2.38 bits per heavy atom. The lowest BCUT2D eigenvalue weighted by Crippen LogP contribution is -2.36. The normalized spacial score (nSPS) is 17.8. The van der Waals surface area contributed by atoms with E-state index in [1.165, 1.54) is 22.9 Å². The average molecular weight is 629 g/mol. The summed E-state index contributed by atoms with van der Waals surface area (Å²) < 4.78 is 35.0. The minimum atomic E-state index is -3.83. The minimum absolute atomic E-state index is 0.0422. The number of nitrogens with zero attached hydrogens (tertiary/aromatic N) is 3. The van der Waals surface area contributed by atoms with Crippen LogP contribution in [-0.4, -0.2) is 62.8 Å². The fourth-order valence-electron chi connectivity index (χ4n) is 5.09. The third-order valence-corrected chi connectivity index (χ3v) is 10.7. The van der Waals surface area contributed by atoms with Gasteiger partial charge in [-0.25, -0.2) is 8.42 Å². The largest absolute Gasteiger partial charge is 0.460 e. The number of benzene rings is 2. The maximum atomic E-state index is 13.4. The van der Waals surface area contributed by atoms with Crippen molar-refractivity contribution in [3.05, 3.63) is 56.7 Å². The molecule has 2 fully saturated rings. The lowest BCUT2D eigenvalue weighted by atomic mass is 10.1. The molecule has 0 spiro atoms. The van der Waals surface area contributed by atoms with E-state index in [4.69, 9.17) is 27.6 Å². The summed E-state index contributed by atoms with van der Waals surface area (Å²) in [6.07, 6.45) is 4.18. The maximum Gasteiger partial charge on any atom is 0.246 e. The predicted octanol–water partition coefficient (Wildman–Crippen LogP) is 5.96. The molecule has 0 bridgehead atoms. The van der Waals surface area contributed by atoms with Crippen LogP contribution >= 0.6 is 39.1 Å². The van der Waals surface area contributed by atoms with Crippen LogP contribution in [0.4, 0.5) is 5.69 Å². The zero-order valence-corrected chi connectivity index (χ0v) is 24.2. The Balaban J connectivity index is 1.33. The molecule has 1 amide bonds. The number of rotatable bonds is 5. The molecule has 0 radical (unpaired) electrons. The summed E-state index contributed by atoms with van der Waals surface area (Å²) in [7, 11) is -3.83. The van der Waals surface area contributed by atoms with E-state index in [1.807, 2.05) is 23.1 Å². The lowest BCUT2D eigenvalue weighted by Gasteiger charge is -2.26. The molecule has 3 heterocycles. The van der Waals surface area contributed by atoms with E-state index in [0.29, 0.717) is 43.9 Å². The van der Waals surface area contributed by atoms with Crippen LogP contribution in [0, 0.1) is 0 Å². The average Bonchev–Trinajstić information content (AvgIpc) is 3.12. The van der Waals surface area contributed by atoms with Gasteiger partial charge in [-0.05, 0) is 71.9 Å². The number of hydrogen-bond donors (Lipinski definition) is 0. The zero-order valence-electron chi connectivity index (χ0n) is 20.3. The summed E-state index contributed by atoms with van der Waals surface area (Å²) in [5.74, 6) is 0.746. The standard InChI is InChI=1S/C26H28BrCl2N3O4S/c27-25-19-16-18(17-24(33)31-10-2-1-3-11-31)36-23(19)9-8-22(25)30-12-5-13-32(15-14-30)37(34,35)26-20(28)6-4-7-21(26)29/h4,6-9,16H,1-3,5,10-15,17H2. The van der Waals surface area contributed by atoms with E-state index >= 15 is 0 Å². The van der Waals surface area contributed by atoms with Crippen LogP contribution in [0.25, 0.3) is 11.0 Å². The number of likely N-dealkylation sites (tertiary alicyclic amines) is 1. The summed E-state index contributed by atoms with van der Waals surface area (Å²) in [5.41, 5.74) is 1.67. The number of piperidine rings is 1. The van der Waals surface area contributed by atoms with E-state index in [9.17, 15) is 13.2 Å². The molecule has 0 N–H and O–H groups in total. The molecule has 1 aromatic heterocycles. The van der Waals surface area contributed by atoms with Crippen LogP contribution in [-0.2, 0) is 21.2 Å². The Hall–Kier alpha value is -1.78. The van der Waals surface area contributed by atoms with Gasteiger partial charge in [-0.2, -0.15) is 4.31 Å². The minimum Gasteiger partial charge on any atom is -0.460 e. The third-order valence-electron chi connectivity index (χ3n) is 7.01. The van der Waals surface area contributed by atoms with E-state index in [2.05, 4.69) is 20.8 Å². The van der Waals surface area contributed by atoms with Crippen molar-refractivity contribution in [2.24, 2.45) is 0 Å². The highest BCUT2D eigenvalue weighted by Crippen LogP contribution is 2.37. The molecule has 198 valence electrons. The van der Waals surface area contributed by atoms with Crippen LogP contribution in [0.15, 0.2) is 50.2 Å². The number of anilines is 1. The summed E-state index contributed by atoms with van der Waals surface area (Å²) in [6, 6.07) is 10.5. The molecular formula is C26H28BrCl2N3O4S. The molecular weight excluding hydrogens is 601 g/mol. The second-order valence-corrected chi connectivity index (χ2v) is 12.9. The van der Waals surface area contributed by atoms with Crippen molar-refractivity contribution in [1.29, 1.82) is 0 Å². The highest BCUT2D eigenvalue weighted by atomic mass is 79.9. The Labute approximate surface area is 235 Å². The van der Waals surface area contributed by atoms with Gasteiger partial charge in [0.25, 0.3) is 0 Å². The molecule has 2 saturated heterocycles. The van der Waals surface area contributed by atoms with Crippen LogP contribution in [0.1, 0.15) is 31.4 Å². The van der Waals surface area contributed by atoms with E-state index in [-0.39, 0.29) is 27.3 Å². The Kier molecular flexibility index (Phi) is 8.07. The smallest absolute Gasteiger partial charge is 0.246 e. The summed E-state index contributed by atoms with van der Waals surface area (Å²) in [4.78, 5) is 16.8. The molecule has 2 aliphatic rings. The molecule has 7 nitrogen and oxygen atoms in total. The Morgan fingerprint density at radius 2 is 1.65 bits per heavy atom. The van der Waals surface area contributed by atoms with Gasteiger partial charge in [0.2, 0.25) is 15.9 Å². The number of carbonyl (C=O) groups excluding carboxylic acids is 1. The summed E-state index contributed by atoms with van der Waals surface area (Å²) >= 11 is 16.2. The van der Waals surface area contributed by atoms with Crippen molar-refractivity contribution in [3.8, 4) is 0 Å². The number of fused-ring (bicyclic) bond motifs is 1. The second kappa shape index (κ2) is 11.1. The van der Waals surface area contributed by atoms with Crippen LogP contribution in [0.5, 0.6) is 0 Å². The van der Waals surface area contributed by atoms with Gasteiger partial charge in [0.1, 0.15) is 16.2 Å². The van der Waals surface area contributed by atoms with Gasteiger partial charge in [0, 0.05) is 44.7 Å². The van der Waals surface area contributed by atoms with Gasteiger partial charge in [0.15, 0.2) is 0 Å². The van der Waals surface area contributed by atoms with Crippen molar-refractivity contribution in [2.75, 3.05) is 44.2 Å². The number of amides is 1. The molecule has 0 atom stereocenters. The number of carbonyl (C=O) groups is 1. The first-order valence-electron chi connectivity index (χ1n) is 12.4. The van der Waals surface area contributed by atoms with Crippen molar-refractivity contribution in [3.63, 3.8) is 0 Å². The first-order chi connectivity index (χ1) is 17.8. The molecule has 5 rings (SSSR count). The van der Waals surface area contributed by atoms with Crippen LogP contribution in [0.3, 0.4) is 0 Å². The topological polar surface area (TPSA) is 74.1 Å². The summed E-state index contributed by atoms with van der Waals surface area (Å²) in [5, 5.41) is 1.14. The third kappa shape index (κ3) is 5.52. The van der Waals surface area contributed by atoms with E-state index < -0.39 is 10.0 Å².